The van der Waals surface area contributed by atoms with Crippen molar-refractivity contribution in [3.05, 3.63) is 33.1 Å². The van der Waals surface area contributed by atoms with Crippen LogP contribution >= 0.6 is 0 Å². The first-order chi connectivity index (χ1) is 8.99. The fourth-order valence-electron chi connectivity index (χ4n) is 1.48. The second-order valence-electron chi connectivity index (χ2n) is 3.48. The minimum absolute atomic E-state index is 0.395. The van der Waals surface area contributed by atoms with Crippen LogP contribution in [0.25, 0.3) is 0 Å². The Labute approximate surface area is 98.3 Å². The zero-order chi connectivity index (χ0) is 15.3. The highest BCUT2D eigenvalue weighted by molar-refractivity contribution is 4.90. The van der Waals surface area contributed by atoms with E-state index in [2.05, 4.69) is 4.74 Å². The van der Waals surface area contributed by atoms with Gasteiger partial charge in [0.05, 0.1) is 4.11 Å². The standard InChI is InChI=1S/C9H11FN2O5/c10-9(4-13)3-5(14)7(17-9)12-2-1-6(15)11-8(12)16/h1-2,5,7,13-14H,3-4H2,(H,11,15,16)/t5-,7-,9+/m1/s1/i4D2,7D. The number of aromatic nitrogens is 2. The number of nitrogens with one attached hydrogen (secondary N) is 1. The van der Waals surface area contributed by atoms with Crippen molar-refractivity contribution in [1.82, 2.24) is 9.55 Å². The maximum atomic E-state index is 14.1. The molecule has 8 heteroatoms. The van der Waals surface area contributed by atoms with Gasteiger partial charge in [-0.05, 0) is 0 Å². The van der Waals surface area contributed by atoms with E-state index in [-0.39, 0.29) is 0 Å². The second-order valence-corrected chi connectivity index (χ2v) is 3.48. The van der Waals surface area contributed by atoms with Gasteiger partial charge in [-0.25, -0.2) is 9.18 Å². The van der Waals surface area contributed by atoms with Crippen molar-refractivity contribution in [2.24, 2.45) is 0 Å². The summed E-state index contributed by atoms with van der Waals surface area (Å²) < 4.78 is 40.7. The van der Waals surface area contributed by atoms with E-state index in [0.29, 0.717) is 4.57 Å². The Kier molecular flexibility index (Phi) is 2.04. The summed E-state index contributed by atoms with van der Waals surface area (Å²) in [5.74, 6) is -3.37. The highest BCUT2D eigenvalue weighted by Crippen LogP contribution is 2.36. The summed E-state index contributed by atoms with van der Waals surface area (Å²) in [6.07, 6.45) is -4.92. The number of aliphatic hydroxyl groups excluding tert-OH is 1. The van der Waals surface area contributed by atoms with Crippen LogP contribution in [0, 0.1) is 0 Å². The Morgan fingerprint density at radius 1 is 1.82 bits per heavy atom. The van der Waals surface area contributed by atoms with Crippen molar-refractivity contribution < 1.29 is 23.5 Å². The maximum absolute atomic E-state index is 14.1. The molecule has 0 bridgehead atoms. The zero-order valence-electron chi connectivity index (χ0n) is 11.4. The molecule has 1 aromatic rings. The highest BCUT2D eigenvalue weighted by atomic mass is 19.2. The molecule has 17 heavy (non-hydrogen) atoms. The maximum Gasteiger partial charge on any atom is 0.330 e. The quantitative estimate of drug-likeness (QED) is 0.590. The Morgan fingerprint density at radius 2 is 2.53 bits per heavy atom. The van der Waals surface area contributed by atoms with Gasteiger partial charge in [0.15, 0.2) is 6.20 Å². The van der Waals surface area contributed by atoms with Gasteiger partial charge in [0, 0.05) is 18.7 Å². The van der Waals surface area contributed by atoms with Gasteiger partial charge in [-0.15, -0.1) is 0 Å². The normalized spacial score (nSPS) is 40.6. The number of hydrogen-bond donors (Lipinski definition) is 3. The van der Waals surface area contributed by atoms with E-state index in [4.69, 9.17) is 9.22 Å². The number of nitrogens with zero attached hydrogens (tertiary/aromatic N) is 1. The molecule has 0 aromatic carbocycles. The molecular weight excluding hydrogens is 235 g/mol. The van der Waals surface area contributed by atoms with Crippen LogP contribution in [0.3, 0.4) is 0 Å². The van der Waals surface area contributed by atoms with Gasteiger partial charge in [0.25, 0.3) is 5.56 Å². The first kappa shape index (κ1) is 8.56. The molecule has 94 valence electrons. The molecule has 2 heterocycles. The number of alkyl halides is 1. The van der Waals surface area contributed by atoms with Gasteiger partial charge in [-0.2, -0.15) is 0 Å². The summed E-state index contributed by atoms with van der Waals surface area (Å²) in [5.41, 5.74) is -1.92. The SMILES string of the molecule is [2H]C([2H])(O)[C@]1(F)C[C@@H](O)[C@]([2H])(n2ccc(=O)[nH]c2=O)O1. The summed E-state index contributed by atoms with van der Waals surface area (Å²) in [6.45, 7) is -3.48. The number of ether oxygens (including phenoxy) is 1. The molecule has 0 amide bonds. The van der Waals surface area contributed by atoms with Crippen LogP contribution in [0.1, 0.15) is 16.7 Å². The molecular formula is C9H11FN2O5. The van der Waals surface area contributed by atoms with Crippen molar-refractivity contribution in [2.75, 3.05) is 6.56 Å². The lowest BCUT2D eigenvalue weighted by molar-refractivity contribution is -0.180. The van der Waals surface area contributed by atoms with Gasteiger partial charge < -0.3 is 14.9 Å². The molecule has 7 nitrogen and oxygen atoms in total. The average Bonchev–Trinajstić information content (AvgIpc) is 2.50. The molecule has 1 aromatic heterocycles. The summed E-state index contributed by atoms with van der Waals surface area (Å²) in [5, 5.41) is 18.8. The van der Waals surface area contributed by atoms with E-state index in [1.54, 1.807) is 4.98 Å². The molecule has 0 spiro atoms. The van der Waals surface area contributed by atoms with E-state index in [9.17, 15) is 19.1 Å². The number of hydrogen-bond acceptors (Lipinski definition) is 5. The zero-order valence-corrected chi connectivity index (χ0v) is 8.38. The van der Waals surface area contributed by atoms with Gasteiger partial charge in [-0.3, -0.25) is 14.3 Å². The summed E-state index contributed by atoms with van der Waals surface area (Å²) in [6, 6.07) is 0.847. The molecule has 0 aliphatic carbocycles. The highest BCUT2D eigenvalue weighted by Gasteiger charge is 2.47. The van der Waals surface area contributed by atoms with Crippen molar-refractivity contribution in [2.45, 2.75) is 24.6 Å². The minimum Gasteiger partial charge on any atom is -0.390 e. The first-order valence-corrected chi connectivity index (χ1v) is 4.62. The summed E-state index contributed by atoms with van der Waals surface area (Å²) in [7, 11) is 0. The number of halogens is 1. The average molecular weight is 249 g/mol. The van der Waals surface area contributed by atoms with E-state index in [0.717, 1.165) is 12.3 Å². The van der Waals surface area contributed by atoms with Gasteiger partial charge in [0.1, 0.15) is 12.7 Å². The third-order valence-corrected chi connectivity index (χ3v) is 2.24. The van der Waals surface area contributed by atoms with Gasteiger partial charge in [0.2, 0.25) is 5.85 Å². The summed E-state index contributed by atoms with van der Waals surface area (Å²) >= 11 is 0. The lowest BCUT2D eigenvalue weighted by atomic mass is 10.2. The third kappa shape index (κ3) is 2.14. The molecule has 3 N–H and O–H groups in total. The molecule has 3 atom stereocenters. The molecule has 1 saturated heterocycles. The lowest BCUT2D eigenvalue weighted by Crippen LogP contribution is -2.35. The lowest BCUT2D eigenvalue weighted by Gasteiger charge is -2.18. The van der Waals surface area contributed by atoms with E-state index >= 15 is 0 Å². The van der Waals surface area contributed by atoms with Crippen molar-refractivity contribution in [3.8, 4) is 0 Å². The van der Waals surface area contributed by atoms with Crippen molar-refractivity contribution >= 4 is 0 Å². The van der Waals surface area contributed by atoms with Crippen LogP contribution in [0.5, 0.6) is 0 Å². The Morgan fingerprint density at radius 3 is 3.06 bits per heavy atom. The predicted molar refractivity (Wildman–Crippen MR) is 53.0 cm³/mol. The first-order valence-electron chi connectivity index (χ1n) is 6.12. The van der Waals surface area contributed by atoms with Crippen molar-refractivity contribution in [1.29, 1.82) is 0 Å². The summed E-state index contributed by atoms with van der Waals surface area (Å²) in [4.78, 5) is 24.3. The van der Waals surface area contributed by atoms with Crippen LogP contribution in [0.4, 0.5) is 4.39 Å². The molecule has 0 unspecified atom stereocenters. The van der Waals surface area contributed by atoms with Crippen LogP contribution in [-0.4, -0.2) is 38.3 Å². The molecule has 0 radical (unpaired) electrons. The largest absolute Gasteiger partial charge is 0.390 e. The molecule has 2 rings (SSSR count). The number of aliphatic hydroxyl groups is 2. The Hall–Kier alpha value is -1.51. The second kappa shape index (κ2) is 4.06. The fraction of sp³-hybridized carbons (Fsp3) is 0.556. The number of rotatable bonds is 2. The van der Waals surface area contributed by atoms with E-state index in [1.165, 1.54) is 0 Å². The Bertz CT molecular complexity index is 643. The molecule has 1 aliphatic heterocycles. The van der Waals surface area contributed by atoms with E-state index in [1.807, 2.05) is 0 Å². The van der Waals surface area contributed by atoms with Gasteiger partial charge >= 0.3 is 5.69 Å². The molecule has 0 saturated carbocycles. The molecule has 1 aliphatic rings. The monoisotopic (exact) mass is 249 g/mol. The molecule has 1 fully saturated rings. The van der Waals surface area contributed by atoms with E-state index < -0.39 is 42.4 Å². The third-order valence-electron chi connectivity index (χ3n) is 2.24. The fourth-order valence-corrected chi connectivity index (χ4v) is 1.48. The topological polar surface area (TPSA) is 105 Å². The van der Waals surface area contributed by atoms with Crippen LogP contribution in [0.15, 0.2) is 21.9 Å². The minimum atomic E-state index is -3.48. The Balaban J connectivity index is 2.51. The number of H-pyrrole nitrogens is 1. The predicted octanol–water partition coefficient (Wildman–Crippen LogP) is -1.53. The van der Waals surface area contributed by atoms with Gasteiger partial charge in [-0.1, -0.05) is 0 Å². The van der Waals surface area contributed by atoms with Crippen LogP contribution in [0.2, 0.25) is 0 Å². The van der Waals surface area contributed by atoms with Crippen LogP contribution < -0.4 is 11.2 Å². The van der Waals surface area contributed by atoms with Crippen LogP contribution in [-0.2, 0) is 4.74 Å². The van der Waals surface area contributed by atoms with Crippen molar-refractivity contribution in [3.63, 3.8) is 0 Å². The number of aromatic amines is 1. The smallest absolute Gasteiger partial charge is 0.330 e.